The van der Waals surface area contributed by atoms with E-state index in [2.05, 4.69) is 15.5 Å². The number of ether oxygens (including phenoxy) is 2. The van der Waals surface area contributed by atoms with Gasteiger partial charge in [0.1, 0.15) is 11.4 Å². The number of rotatable bonds is 6. The molecule has 2 saturated heterocycles. The molecule has 0 saturated carbocycles. The molecule has 7 nitrogen and oxygen atoms in total. The van der Waals surface area contributed by atoms with Crippen molar-refractivity contribution in [1.82, 2.24) is 20.5 Å². The summed E-state index contributed by atoms with van der Waals surface area (Å²) in [5.74, 6) is -0.254. The van der Waals surface area contributed by atoms with Crippen LogP contribution in [0.1, 0.15) is 25.5 Å². The van der Waals surface area contributed by atoms with Crippen LogP contribution in [0.15, 0.2) is 42.5 Å². The van der Waals surface area contributed by atoms with Gasteiger partial charge in [-0.2, -0.15) is 0 Å². The number of halogens is 1. The zero-order valence-corrected chi connectivity index (χ0v) is 18.5. The van der Waals surface area contributed by atoms with Gasteiger partial charge in [0.15, 0.2) is 0 Å². The average molecular weight is 443 g/mol. The Morgan fingerprint density at radius 3 is 2.91 bits per heavy atom. The molecule has 2 aliphatic rings. The number of hydrogen-bond donors (Lipinski definition) is 2. The molecule has 0 unspecified atom stereocenters. The summed E-state index contributed by atoms with van der Waals surface area (Å²) in [4.78, 5) is 18.8. The molecular weight excluding hydrogens is 411 g/mol. The molecule has 2 aliphatic heterocycles. The lowest BCUT2D eigenvalue weighted by molar-refractivity contribution is -0.0848. The predicted molar refractivity (Wildman–Crippen MR) is 120 cm³/mol. The Bertz CT molecular complexity index is 910. The number of hydrogen-bond acceptors (Lipinski definition) is 5. The predicted octanol–water partition coefficient (Wildman–Crippen LogP) is 2.96. The highest BCUT2D eigenvalue weighted by Crippen LogP contribution is 2.33. The molecule has 1 aromatic carbocycles. The number of pyridine rings is 1. The number of carbonyl (C=O) groups is 1. The van der Waals surface area contributed by atoms with E-state index >= 15 is 0 Å². The van der Waals surface area contributed by atoms with Crippen molar-refractivity contribution in [3.63, 3.8) is 0 Å². The molecular formula is C24H31FN4O3. The maximum atomic E-state index is 13.2. The highest BCUT2D eigenvalue weighted by Gasteiger charge is 2.43. The van der Waals surface area contributed by atoms with Crippen molar-refractivity contribution in [2.75, 3.05) is 39.4 Å². The van der Waals surface area contributed by atoms with Crippen molar-refractivity contribution in [3.8, 4) is 11.3 Å². The van der Waals surface area contributed by atoms with Crippen molar-refractivity contribution in [3.05, 3.63) is 54.0 Å². The first-order valence-electron chi connectivity index (χ1n) is 11.3. The second kappa shape index (κ2) is 10.4. The number of aromatic nitrogens is 1. The highest BCUT2D eigenvalue weighted by atomic mass is 19.1. The van der Waals surface area contributed by atoms with E-state index in [1.165, 1.54) is 12.1 Å². The summed E-state index contributed by atoms with van der Waals surface area (Å²) < 4.78 is 25.5. The summed E-state index contributed by atoms with van der Waals surface area (Å²) in [5.41, 5.74) is 2.32. The molecule has 2 fully saturated rings. The molecule has 172 valence electrons. The lowest BCUT2D eigenvalue weighted by atomic mass is 10.00. The van der Waals surface area contributed by atoms with Crippen LogP contribution in [0, 0.1) is 5.82 Å². The Morgan fingerprint density at radius 2 is 2.09 bits per heavy atom. The van der Waals surface area contributed by atoms with Crippen molar-refractivity contribution in [2.24, 2.45) is 0 Å². The van der Waals surface area contributed by atoms with E-state index in [9.17, 15) is 9.18 Å². The molecule has 8 heteroatoms. The lowest BCUT2D eigenvalue weighted by Crippen LogP contribution is -2.46. The Kier molecular flexibility index (Phi) is 7.34. The summed E-state index contributed by atoms with van der Waals surface area (Å²) in [5, 5.41) is 5.62. The van der Waals surface area contributed by atoms with E-state index in [4.69, 9.17) is 14.5 Å². The first kappa shape index (κ1) is 22.6. The fourth-order valence-electron chi connectivity index (χ4n) is 4.39. The van der Waals surface area contributed by atoms with Crippen LogP contribution in [-0.4, -0.2) is 67.0 Å². The fourth-order valence-corrected chi connectivity index (χ4v) is 4.39. The number of urea groups is 1. The third-order valence-corrected chi connectivity index (χ3v) is 5.93. The maximum Gasteiger partial charge on any atom is 0.314 e. The molecule has 3 heterocycles. The van der Waals surface area contributed by atoms with E-state index in [1.807, 2.05) is 25.1 Å². The molecule has 1 aromatic heterocycles. The third-order valence-electron chi connectivity index (χ3n) is 5.93. The summed E-state index contributed by atoms with van der Waals surface area (Å²) in [6.07, 6.45) is 1.78. The molecule has 32 heavy (non-hydrogen) atoms. The average Bonchev–Trinajstić information content (AvgIpc) is 3.08. The monoisotopic (exact) mass is 442 g/mol. The molecule has 2 aromatic rings. The van der Waals surface area contributed by atoms with E-state index in [0.717, 1.165) is 42.9 Å². The van der Waals surface area contributed by atoms with Crippen LogP contribution >= 0.6 is 0 Å². The number of benzene rings is 1. The lowest BCUT2D eigenvalue weighted by Gasteiger charge is -2.32. The second-order valence-electron chi connectivity index (χ2n) is 8.49. The fraction of sp³-hybridized carbons (Fsp3) is 0.500. The molecule has 0 bridgehead atoms. The molecule has 0 aliphatic carbocycles. The van der Waals surface area contributed by atoms with Crippen LogP contribution in [-0.2, 0) is 16.0 Å². The van der Waals surface area contributed by atoms with E-state index < -0.39 is 0 Å². The minimum absolute atomic E-state index is 0.0129. The summed E-state index contributed by atoms with van der Waals surface area (Å²) in [7, 11) is 0. The van der Waals surface area contributed by atoms with Gasteiger partial charge in [-0.05, 0) is 56.2 Å². The van der Waals surface area contributed by atoms with Gasteiger partial charge in [-0.15, -0.1) is 0 Å². The Balaban J connectivity index is 1.38. The molecule has 4 rings (SSSR count). The molecule has 2 amide bonds. The minimum atomic E-state index is -0.362. The van der Waals surface area contributed by atoms with Gasteiger partial charge in [0, 0.05) is 38.3 Å². The van der Waals surface area contributed by atoms with Gasteiger partial charge in [-0.25, -0.2) is 9.18 Å². The Morgan fingerprint density at radius 1 is 1.25 bits per heavy atom. The van der Waals surface area contributed by atoms with Crippen molar-refractivity contribution in [2.45, 2.75) is 38.0 Å². The van der Waals surface area contributed by atoms with E-state index in [0.29, 0.717) is 32.8 Å². The Hall–Kier alpha value is -2.55. The standard InChI is InChI=1S/C24H31FN4O3/c1-2-26-23(30)27-14-21-10-11-24(32-21)16-29(12-13-31-17-24)15-20-4-3-5-22(28-20)18-6-8-19(25)9-7-18/h3-9,21H,2,10-17H2,1H3,(H2,26,27,30)/t21-,24-/m1/s1. The van der Waals surface area contributed by atoms with Crippen LogP contribution in [0.3, 0.4) is 0 Å². The molecule has 2 N–H and O–H groups in total. The van der Waals surface area contributed by atoms with Gasteiger partial charge in [-0.3, -0.25) is 9.88 Å². The normalized spacial score (nSPS) is 23.8. The first-order valence-corrected chi connectivity index (χ1v) is 11.3. The van der Waals surface area contributed by atoms with Crippen LogP contribution in [0.2, 0.25) is 0 Å². The number of nitrogens with one attached hydrogen (secondary N) is 2. The summed E-state index contributed by atoms with van der Waals surface area (Å²) >= 11 is 0. The Labute approximate surface area is 188 Å². The molecule has 1 spiro atoms. The first-order chi connectivity index (χ1) is 15.5. The van der Waals surface area contributed by atoms with Gasteiger partial charge in [0.05, 0.1) is 30.7 Å². The van der Waals surface area contributed by atoms with Crippen molar-refractivity contribution in [1.29, 1.82) is 0 Å². The van der Waals surface area contributed by atoms with Crippen LogP contribution in [0.4, 0.5) is 9.18 Å². The van der Waals surface area contributed by atoms with Crippen molar-refractivity contribution < 1.29 is 18.7 Å². The van der Waals surface area contributed by atoms with Gasteiger partial charge in [-0.1, -0.05) is 6.07 Å². The summed E-state index contributed by atoms with van der Waals surface area (Å²) in [6, 6.07) is 12.2. The summed E-state index contributed by atoms with van der Waals surface area (Å²) in [6.45, 7) is 6.43. The maximum absolute atomic E-state index is 13.2. The quantitative estimate of drug-likeness (QED) is 0.720. The molecule has 0 radical (unpaired) electrons. The van der Waals surface area contributed by atoms with Crippen LogP contribution < -0.4 is 10.6 Å². The third kappa shape index (κ3) is 5.82. The van der Waals surface area contributed by atoms with E-state index in [-0.39, 0.29) is 23.6 Å². The van der Waals surface area contributed by atoms with Crippen LogP contribution in [0.25, 0.3) is 11.3 Å². The topological polar surface area (TPSA) is 75.7 Å². The molecule has 2 atom stereocenters. The van der Waals surface area contributed by atoms with Crippen LogP contribution in [0.5, 0.6) is 0 Å². The minimum Gasteiger partial charge on any atom is -0.377 e. The highest BCUT2D eigenvalue weighted by molar-refractivity contribution is 5.73. The largest absolute Gasteiger partial charge is 0.377 e. The number of nitrogens with zero attached hydrogens (tertiary/aromatic N) is 2. The smallest absolute Gasteiger partial charge is 0.314 e. The zero-order chi connectivity index (χ0) is 22.4. The zero-order valence-electron chi connectivity index (χ0n) is 18.5. The van der Waals surface area contributed by atoms with Crippen molar-refractivity contribution >= 4 is 6.03 Å². The number of amides is 2. The van der Waals surface area contributed by atoms with Gasteiger partial charge < -0.3 is 20.1 Å². The van der Waals surface area contributed by atoms with Gasteiger partial charge >= 0.3 is 6.03 Å². The van der Waals surface area contributed by atoms with E-state index in [1.54, 1.807) is 12.1 Å². The second-order valence-corrected chi connectivity index (χ2v) is 8.49. The number of carbonyl (C=O) groups excluding carboxylic acids is 1. The van der Waals surface area contributed by atoms with Gasteiger partial charge in [0.2, 0.25) is 0 Å². The van der Waals surface area contributed by atoms with Gasteiger partial charge in [0.25, 0.3) is 0 Å². The SMILES string of the molecule is CCNC(=O)NC[C@H]1CC[C@@]2(COCCN(Cc3cccc(-c4ccc(F)cc4)n3)C2)O1.